The largest absolute Gasteiger partial charge is 0.327 e. The number of hydrogen-bond donors (Lipinski definition) is 1. The summed E-state index contributed by atoms with van der Waals surface area (Å²) in [5.41, 5.74) is 5.49. The van der Waals surface area contributed by atoms with Gasteiger partial charge in [-0.25, -0.2) is 0 Å². The van der Waals surface area contributed by atoms with E-state index in [4.69, 9.17) is 12.8 Å². The lowest BCUT2D eigenvalue weighted by molar-refractivity contribution is -0.119. The van der Waals surface area contributed by atoms with Crippen LogP contribution >= 0.6 is 0 Å². The normalized spacial score (nSPS) is 18.6. The molecule has 0 radical (unpaired) electrons. The summed E-state index contributed by atoms with van der Waals surface area (Å²) >= 11 is 0. The quantitative estimate of drug-likeness (QED) is 0.643. The molecule has 0 aliphatic heterocycles. The van der Waals surface area contributed by atoms with Crippen LogP contribution in [0, 0.1) is 24.7 Å². The van der Waals surface area contributed by atoms with Crippen LogP contribution in [0.4, 0.5) is 0 Å². The van der Waals surface area contributed by atoms with Crippen molar-refractivity contribution in [1.82, 2.24) is 10.2 Å². The highest BCUT2D eigenvalue weighted by Crippen LogP contribution is 2.34. The first-order chi connectivity index (χ1) is 13.8. The molecule has 0 saturated heterocycles. The van der Waals surface area contributed by atoms with Gasteiger partial charge in [0.25, 0.3) is 0 Å². The third kappa shape index (κ3) is 4.45. The maximum Gasteiger partial charge on any atom is 0.211 e. The monoisotopic (exact) mass is 370 g/mol. The predicted octanol–water partition coefficient (Wildman–Crippen LogP) is 3.66. The van der Waals surface area contributed by atoms with Crippen LogP contribution < -0.4 is 5.32 Å². The van der Waals surface area contributed by atoms with Crippen LogP contribution in [-0.2, 0) is 17.6 Å². The Hall–Kier alpha value is -3.01. The minimum Gasteiger partial charge on any atom is -0.327 e. The van der Waals surface area contributed by atoms with Gasteiger partial charge in [0.2, 0.25) is 6.41 Å². The Kier molecular flexibility index (Phi) is 6.90. The van der Waals surface area contributed by atoms with E-state index in [1.807, 2.05) is 12.1 Å². The lowest BCUT2D eigenvalue weighted by atomic mass is 10.1. The van der Waals surface area contributed by atoms with E-state index in [0.29, 0.717) is 19.1 Å². The first kappa shape index (κ1) is 19.7. The first-order valence-electron chi connectivity index (χ1n) is 9.75. The molecule has 2 aliphatic carbocycles. The van der Waals surface area contributed by atoms with E-state index >= 15 is 0 Å². The Morgan fingerprint density at radius 3 is 2.29 bits per heavy atom. The van der Waals surface area contributed by atoms with Gasteiger partial charge in [0.1, 0.15) is 0 Å². The summed E-state index contributed by atoms with van der Waals surface area (Å²) in [7, 11) is 0. The Morgan fingerprint density at radius 2 is 1.61 bits per heavy atom. The molecule has 1 amide bonds. The van der Waals surface area contributed by atoms with E-state index in [1.54, 1.807) is 4.90 Å². The minimum atomic E-state index is 0.176. The van der Waals surface area contributed by atoms with E-state index in [-0.39, 0.29) is 6.04 Å². The molecule has 142 valence electrons. The number of terminal acetylenes is 2. The number of amides is 1. The van der Waals surface area contributed by atoms with Crippen molar-refractivity contribution < 1.29 is 4.79 Å². The van der Waals surface area contributed by atoms with Gasteiger partial charge < -0.3 is 4.90 Å². The molecule has 4 rings (SSSR count). The zero-order valence-electron chi connectivity index (χ0n) is 16.1. The van der Waals surface area contributed by atoms with Crippen molar-refractivity contribution >= 4 is 6.41 Å². The molecule has 28 heavy (non-hydrogen) atoms. The molecule has 0 unspecified atom stereocenters. The maximum absolute atomic E-state index is 10.9. The van der Waals surface area contributed by atoms with Crippen molar-refractivity contribution in [3.05, 3.63) is 70.8 Å². The lowest BCUT2D eigenvalue weighted by Crippen LogP contribution is -2.26. The van der Waals surface area contributed by atoms with Crippen molar-refractivity contribution in [2.45, 2.75) is 37.8 Å². The van der Waals surface area contributed by atoms with E-state index < -0.39 is 0 Å². The standard InChI is InChI=1S/C13H13NO.C12H13N/c1-2-9-14(10-15)13-8-7-11-5-3-4-6-12(11)13;1-2-9-13-12-8-7-10-5-3-4-6-11(10)12/h1,3-6,10,13H,7-9H2;1,3-6,12-13H,7-9H2/t13-;12-/m11/s1. The average Bonchev–Trinajstić information content (AvgIpc) is 3.35. The number of hydrogen-bond acceptors (Lipinski definition) is 2. The zero-order chi connectivity index (χ0) is 19.8. The molecule has 0 saturated carbocycles. The van der Waals surface area contributed by atoms with Crippen LogP contribution in [-0.4, -0.2) is 24.4 Å². The van der Waals surface area contributed by atoms with Crippen LogP contribution in [0.15, 0.2) is 48.5 Å². The van der Waals surface area contributed by atoms with Crippen molar-refractivity contribution in [2.24, 2.45) is 0 Å². The Labute approximate surface area is 168 Å². The molecule has 0 bridgehead atoms. The van der Waals surface area contributed by atoms with Gasteiger partial charge in [-0.15, -0.1) is 12.8 Å². The molecule has 2 aromatic carbocycles. The first-order valence-corrected chi connectivity index (χ1v) is 9.75. The minimum absolute atomic E-state index is 0.176. The second kappa shape index (κ2) is 9.79. The van der Waals surface area contributed by atoms with Crippen LogP contribution in [0.2, 0.25) is 0 Å². The van der Waals surface area contributed by atoms with Gasteiger partial charge in [0.05, 0.1) is 19.1 Å². The number of fused-ring (bicyclic) bond motifs is 2. The van der Waals surface area contributed by atoms with Crippen molar-refractivity contribution in [1.29, 1.82) is 0 Å². The van der Waals surface area contributed by atoms with Gasteiger partial charge >= 0.3 is 0 Å². The Balaban J connectivity index is 0.000000162. The van der Waals surface area contributed by atoms with Crippen LogP contribution in [0.1, 0.15) is 47.2 Å². The van der Waals surface area contributed by atoms with Crippen LogP contribution in [0.25, 0.3) is 0 Å². The predicted molar refractivity (Wildman–Crippen MR) is 113 cm³/mol. The number of nitrogens with one attached hydrogen (secondary N) is 1. The van der Waals surface area contributed by atoms with E-state index in [9.17, 15) is 4.79 Å². The summed E-state index contributed by atoms with van der Waals surface area (Å²) in [5, 5.41) is 3.35. The van der Waals surface area contributed by atoms with Gasteiger partial charge in [-0.1, -0.05) is 60.4 Å². The number of nitrogens with zero attached hydrogens (tertiary/aromatic N) is 1. The van der Waals surface area contributed by atoms with Crippen molar-refractivity contribution in [2.75, 3.05) is 13.1 Å². The zero-order valence-corrected chi connectivity index (χ0v) is 16.1. The van der Waals surface area contributed by atoms with E-state index in [2.05, 4.69) is 53.6 Å². The third-order valence-corrected chi connectivity index (χ3v) is 5.49. The fraction of sp³-hybridized carbons (Fsp3) is 0.320. The highest BCUT2D eigenvalue weighted by Gasteiger charge is 2.26. The smallest absolute Gasteiger partial charge is 0.211 e. The fourth-order valence-electron chi connectivity index (χ4n) is 4.16. The maximum atomic E-state index is 10.9. The third-order valence-electron chi connectivity index (χ3n) is 5.49. The van der Waals surface area contributed by atoms with Gasteiger partial charge in [0.15, 0.2) is 0 Å². The molecule has 1 N–H and O–H groups in total. The molecular formula is C25H26N2O. The lowest BCUT2D eigenvalue weighted by Gasteiger charge is -2.23. The molecular weight excluding hydrogens is 344 g/mol. The van der Waals surface area contributed by atoms with Gasteiger partial charge in [0, 0.05) is 6.04 Å². The van der Waals surface area contributed by atoms with E-state index in [1.165, 1.54) is 35.1 Å². The van der Waals surface area contributed by atoms with E-state index in [0.717, 1.165) is 19.3 Å². The molecule has 0 fully saturated rings. The average molecular weight is 370 g/mol. The SMILES string of the molecule is C#CCN(C=O)[C@@H]1CCc2ccccc21.C#CCN[C@@H]1CCc2ccccc21. The molecule has 2 aliphatic rings. The molecule has 0 heterocycles. The molecule has 0 spiro atoms. The number of rotatable bonds is 5. The van der Waals surface area contributed by atoms with Crippen molar-refractivity contribution in [3.8, 4) is 24.7 Å². The van der Waals surface area contributed by atoms with Gasteiger partial charge in [-0.05, 0) is 47.9 Å². The van der Waals surface area contributed by atoms with Gasteiger partial charge in [-0.2, -0.15) is 0 Å². The number of carbonyl (C=O) groups is 1. The van der Waals surface area contributed by atoms with Crippen LogP contribution in [0.3, 0.4) is 0 Å². The molecule has 2 aromatic rings. The highest BCUT2D eigenvalue weighted by atomic mass is 16.1. The van der Waals surface area contributed by atoms with Crippen LogP contribution in [0.5, 0.6) is 0 Å². The summed E-state index contributed by atoms with van der Waals surface area (Å²) < 4.78 is 0. The molecule has 3 heteroatoms. The van der Waals surface area contributed by atoms with Gasteiger partial charge in [-0.3, -0.25) is 10.1 Å². The summed E-state index contributed by atoms with van der Waals surface area (Å²) in [6.45, 7) is 1.06. The molecule has 3 nitrogen and oxygen atoms in total. The second-order valence-electron chi connectivity index (χ2n) is 7.11. The summed E-state index contributed by atoms with van der Waals surface area (Å²) in [4.78, 5) is 12.6. The second-order valence-corrected chi connectivity index (χ2v) is 7.11. The van der Waals surface area contributed by atoms with Crippen molar-refractivity contribution in [3.63, 3.8) is 0 Å². The highest BCUT2D eigenvalue weighted by molar-refractivity contribution is 5.51. The number of benzene rings is 2. The molecule has 2 atom stereocenters. The Bertz CT molecular complexity index is 890. The number of aryl methyl sites for hydroxylation is 2. The summed E-state index contributed by atoms with van der Waals surface area (Å²) in [6, 6.07) is 17.5. The molecule has 0 aromatic heterocycles. The summed E-state index contributed by atoms with van der Waals surface area (Å²) in [6.07, 6.45) is 15.7. The topological polar surface area (TPSA) is 32.3 Å². The number of carbonyl (C=O) groups excluding carboxylic acids is 1. The fourth-order valence-corrected chi connectivity index (χ4v) is 4.16. The Morgan fingerprint density at radius 1 is 0.964 bits per heavy atom. The summed E-state index contributed by atoms with van der Waals surface area (Å²) in [5.74, 6) is 5.14.